The standard InChI is InChI=1S/C14H22N2OS/c1-3-5-6-14(4-2,11-17)9-12-10-16-7-8-18-13(16)15-12/h7-8,10,17H,3-6,9,11H2,1-2H3. The molecule has 2 aromatic heterocycles. The van der Waals surface area contributed by atoms with Crippen LogP contribution in [0.4, 0.5) is 0 Å². The van der Waals surface area contributed by atoms with Gasteiger partial charge in [0.25, 0.3) is 0 Å². The van der Waals surface area contributed by atoms with E-state index in [1.165, 1.54) is 12.8 Å². The second-order valence-electron chi connectivity index (χ2n) is 5.12. The zero-order valence-electron chi connectivity index (χ0n) is 11.2. The van der Waals surface area contributed by atoms with E-state index in [1.54, 1.807) is 11.3 Å². The van der Waals surface area contributed by atoms with Crippen molar-refractivity contribution in [2.45, 2.75) is 46.0 Å². The van der Waals surface area contributed by atoms with E-state index in [9.17, 15) is 5.11 Å². The van der Waals surface area contributed by atoms with E-state index in [0.717, 1.165) is 29.9 Å². The summed E-state index contributed by atoms with van der Waals surface area (Å²) in [6.07, 6.45) is 9.47. The van der Waals surface area contributed by atoms with E-state index >= 15 is 0 Å². The summed E-state index contributed by atoms with van der Waals surface area (Å²) in [4.78, 5) is 5.68. The molecule has 0 aliphatic heterocycles. The van der Waals surface area contributed by atoms with Gasteiger partial charge in [0.2, 0.25) is 0 Å². The third-order valence-electron chi connectivity index (χ3n) is 3.85. The van der Waals surface area contributed by atoms with Gasteiger partial charge in [0.15, 0.2) is 4.96 Å². The SMILES string of the molecule is CCCCC(CC)(CO)Cc1cn2ccsc2n1. The molecule has 18 heavy (non-hydrogen) atoms. The van der Waals surface area contributed by atoms with Crippen LogP contribution >= 0.6 is 11.3 Å². The molecular formula is C14H22N2OS. The maximum atomic E-state index is 9.76. The van der Waals surface area contributed by atoms with Crippen LogP contribution in [-0.2, 0) is 6.42 Å². The number of nitrogens with zero attached hydrogens (tertiary/aromatic N) is 2. The van der Waals surface area contributed by atoms with Crippen molar-refractivity contribution in [1.82, 2.24) is 9.38 Å². The summed E-state index contributed by atoms with van der Waals surface area (Å²) in [6.45, 7) is 4.63. The molecule has 4 heteroatoms. The first-order valence-electron chi connectivity index (χ1n) is 6.75. The van der Waals surface area contributed by atoms with Crippen LogP contribution in [0.1, 0.15) is 45.2 Å². The molecule has 0 spiro atoms. The Morgan fingerprint density at radius 3 is 2.89 bits per heavy atom. The second kappa shape index (κ2) is 5.85. The van der Waals surface area contributed by atoms with Crippen molar-refractivity contribution in [3.8, 4) is 0 Å². The highest BCUT2D eigenvalue weighted by molar-refractivity contribution is 7.15. The van der Waals surface area contributed by atoms with Crippen LogP contribution in [0.2, 0.25) is 0 Å². The Hall–Kier alpha value is -0.870. The average molecular weight is 266 g/mol. The van der Waals surface area contributed by atoms with Gasteiger partial charge >= 0.3 is 0 Å². The summed E-state index contributed by atoms with van der Waals surface area (Å²) in [5, 5.41) is 11.8. The second-order valence-corrected chi connectivity index (χ2v) is 5.99. The summed E-state index contributed by atoms with van der Waals surface area (Å²) in [6, 6.07) is 0. The summed E-state index contributed by atoms with van der Waals surface area (Å²) in [5.74, 6) is 0. The molecular weight excluding hydrogens is 244 g/mol. The Morgan fingerprint density at radius 1 is 1.44 bits per heavy atom. The first-order valence-corrected chi connectivity index (χ1v) is 7.63. The molecule has 1 unspecified atom stereocenters. The fraction of sp³-hybridized carbons (Fsp3) is 0.643. The van der Waals surface area contributed by atoms with Crippen LogP contribution in [-0.4, -0.2) is 21.1 Å². The summed E-state index contributed by atoms with van der Waals surface area (Å²) < 4.78 is 2.07. The number of fused-ring (bicyclic) bond motifs is 1. The number of aliphatic hydroxyl groups is 1. The van der Waals surface area contributed by atoms with Gasteiger partial charge < -0.3 is 5.11 Å². The molecule has 2 rings (SSSR count). The Bertz CT molecular complexity index is 456. The van der Waals surface area contributed by atoms with Gasteiger partial charge in [0.05, 0.1) is 5.69 Å². The van der Waals surface area contributed by atoms with Gasteiger partial charge in [-0.15, -0.1) is 11.3 Å². The van der Waals surface area contributed by atoms with Gasteiger partial charge in [0, 0.05) is 24.4 Å². The highest BCUT2D eigenvalue weighted by atomic mass is 32.1. The van der Waals surface area contributed by atoms with Crippen LogP contribution in [0.25, 0.3) is 4.96 Å². The quantitative estimate of drug-likeness (QED) is 0.832. The number of unbranched alkanes of at least 4 members (excludes halogenated alkanes) is 1. The maximum absolute atomic E-state index is 9.76. The number of hydrogen-bond acceptors (Lipinski definition) is 3. The summed E-state index contributed by atoms with van der Waals surface area (Å²) >= 11 is 1.66. The van der Waals surface area contributed by atoms with E-state index in [1.807, 2.05) is 11.6 Å². The Labute approximate surface area is 112 Å². The van der Waals surface area contributed by atoms with Crippen LogP contribution in [0, 0.1) is 5.41 Å². The maximum Gasteiger partial charge on any atom is 0.193 e. The van der Waals surface area contributed by atoms with Gasteiger partial charge in [-0.3, -0.25) is 4.40 Å². The zero-order valence-corrected chi connectivity index (χ0v) is 12.0. The summed E-state index contributed by atoms with van der Waals surface area (Å²) in [5.41, 5.74) is 1.12. The minimum atomic E-state index is 0.0139. The van der Waals surface area contributed by atoms with Crippen molar-refractivity contribution in [2.24, 2.45) is 5.41 Å². The average Bonchev–Trinajstić information content (AvgIpc) is 2.95. The third kappa shape index (κ3) is 2.75. The smallest absolute Gasteiger partial charge is 0.193 e. The van der Waals surface area contributed by atoms with Gasteiger partial charge in [-0.2, -0.15) is 0 Å². The van der Waals surface area contributed by atoms with Crippen LogP contribution < -0.4 is 0 Å². The lowest BCUT2D eigenvalue weighted by Gasteiger charge is -2.30. The number of aromatic nitrogens is 2. The molecule has 2 aromatic rings. The van der Waals surface area contributed by atoms with Gasteiger partial charge in [-0.1, -0.05) is 26.7 Å². The molecule has 0 aromatic carbocycles. The number of thiazole rings is 1. The minimum absolute atomic E-state index is 0.0139. The molecule has 0 amide bonds. The highest BCUT2D eigenvalue weighted by Crippen LogP contribution is 2.32. The molecule has 3 nitrogen and oxygen atoms in total. The van der Waals surface area contributed by atoms with E-state index < -0.39 is 0 Å². The van der Waals surface area contributed by atoms with Crippen molar-refractivity contribution in [3.63, 3.8) is 0 Å². The molecule has 0 saturated carbocycles. The predicted molar refractivity (Wildman–Crippen MR) is 76.1 cm³/mol. The lowest BCUT2D eigenvalue weighted by atomic mass is 9.77. The highest BCUT2D eigenvalue weighted by Gasteiger charge is 2.28. The Kier molecular flexibility index (Phi) is 4.40. The Balaban J connectivity index is 2.14. The molecule has 2 heterocycles. The van der Waals surface area contributed by atoms with Crippen molar-refractivity contribution in [3.05, 3.63) is 23.5 Å². The van der Waals surface area contributed by atoms with Gasteiger partial charge in [-0.25, -0.2) is 4.98 Å². The van der Waals surface area contributed by atoms with Crippen LogP contribution in [0.3, 0.4) is 0 Å². The number of hydrogen-bond donors (Lipinski definition) is 1. The fourth-order valence-electron chi connectivity index (χ4n) is 2.43. The van der Waals surface area contributed by atoms with Crippen molar-refractivity contribution in [1.29, 1.82) is 0 Å². The molecule has 0 fully saturated rings. The van der Waals surface area contributed by atoms with Gasteiger partial charge in [-0.05, 0) is 24.7 Å². The van der Waals surface area contributed by atoms with E-state index in [-0.39, 0.29) is 12.0 Å². The largest absolute Gasteiger partial charge is 0.396 e. The molecule has 0 aliphatic rings. The number of imidazole rings is 1. The fourth-order valence-corrected chi connectivity index (χ4v) is 3.15. The van der Waals surface area contributed by atoms with E-state index in [4.69, 9.17) is 0 Å². The monoisotopic (exact) mass is 266 g/mol. The van der Waals surface area contributed by atoms with E-state index in [0.29, 0.717) is 0 Å². The first kappa shape index (κ1) is 13.6. The van der Waals surface area contributed by atoms with Gasteiger partial charge in [0.1, 0.15) is 0 Å². The molecule has 1 N–H and O–H groups in total. The van der Waals surface area contributed by atoms with Crippen LogP contribution in [0.5, 0.6) is 0 Å². The first-order chi connectivity index (χ1) is 8.73. The van der Waals surface area contributed by atoms with Crippen molar-refractivity contribution < 1.29 is 5.11 Å². The molecule has 0 radical (unpaired) electrons. The summed E-state index contributed by atoms with van der Waals surface area (Å²) in [7, 11) is 0. The zero-order chi connectivity index (χ0) is 13.0. The lowest BCUT2D eigenvalue weighted by molar-refractivity contribution is 0.106. The van der Waals surface area contributed by atoms with Crippen LogP contribution in [0.15, 0.2) is 17.8 Å². The number of rotatable bonds is 7. The van der Waals surface area contributed by atoms with Crippen molar-refractivity contribution in [2.75, 3.05) is 6.61 Å². The predicted octanol–water partition coefficient (Wildman–Crippen LogP) is 3.52. The minimum Gasteiger partial charge on any atom is -0.396 e. The lowest BCUT2D eigenvalue weighted by Crippen LogP contribution is -2.27. The molecule has 1 atom stereocenters. The molecule has 0 aliphatic carbocycles. The normalized spacial score (nSPS) is 15.1. The molecule has 0 saturated heterocycles. The Morgan fingerprint density at radius 2 is 2.28 bits per heavy atom. The van der Waals surface area contributed by atoms with Crippen molar-refractivity contribution >= 4 is 16.3 Å². The third-order valence-corrected chi connectivity index (χ3v) is 4.62. The van der Waals surface area contributed by atoms with E-state index in [2.05, 4.69) is 29.4 Å². The topological polar surface area (TPSA) is 37.5 Å². The molecule has 0 bridgehead atoms. The molecule has 100 valence electrons. The number of aliphatic hydroxyl groups excluding tert-OH is 1.